The first kappa shape index (κ1) is 24.9. The summed E-state index contributed by atoms with van der Waals surface area (Å²) in [6.45, 7) is 0.433. The zero-order chi connectivity index (χ0) is 26.3. The summed E-state index contributed by atoms with van der Waals surface area (Å²) < 4.78 is 41.2. The number of amides is 2. The van der Waals surface area contributed by atoms with Crippen LogP contribution < -0.4 is 10.6 Å². The van der Waals surface area contributed by atoms with Gasteiger partial charge in [-0.05, 0) is 37.0 Å². The van der Waals surface area contributed by atoms with Crippen LogP contribution in [0.3, 0.4) is 0 Å². The molecule has 190 valence electrons. The molecule has 0 spiro atoms. The topological polar surface area (TPSA) is 115 Å². The molecule has 0 bridgehead atoms. The molecule has 14 heteroatoms. The van der Waals surface area contributed by atoms with Crippen molar-refractivity contribution in [2.75, 3.05) is 11.9 Å². The fourth-order valence-electron chi connectivity index (χ4n) is 3.58. The standard InChI is InChI=1S/C23H16Cl2F3N7O2/c24-13-2-1-5-31-20(13)35-15(9-16(34-35)23(26,27)28)22(37)33-18-12(21(36)32-10-11-3-4-11)8-14-19(17(18)25)30-7-6-29-14/h1-2,5-9,11H,3-4,10H2,(H,32,36)(H,33,37). The Kier molecular flexibility index (Phi) is 6.46. The van der Waals surface area contributed by atoms with Crippen molar-refractivity contribution in [3.8, 4) is 5.82 Å². The summed E-state index contributed by atoms with van der Waals surface area (Å²) in [5.74, 6) is -1.39. The van der Waals surface area contributed by atoms with Crippen LogP contribution in [0.2, 0.25) is 10.0 Å². The average Bonchev–Trinajstić information content (AvgIpc) is 3.58. The van der Waals surface area contributed by atoms with Gasteiger partial charge in [-0.25, -0.2) is 9.67 Å². The van der Waals surface area contributed by atoms with Gasteiger partial charge in [0.05, 0.1) is 26.8 Å². The van der Waals surface area contributed by atoms with Gasteiger partial charge in [-0.15, -0.1) is 0 Å². The van der Waals surface area contributed by atoms with Crippen LogP contribution in [0.15, 0.2) is 42.9 Å². The molecule has 1 aliphatic rings. The zero-order valence-electron chi connectivity index (χ0n) is 18.7. The van der Waals surface area contributed by atoms with E-state index in [1.54, 1.807) is 0 Å². The van der Waals surface area contributed by atoms with E-state index in [9.17, 15) is 22.8 Å². The number of nitrogens with zero attached hydrogens (tertiary/aromatic N) is 5. The molecule has 1 aliphatic carbocycles. The number of rotatable bonds is 6. The Balaban J connectivity index is 1.59. The lowest BCUT2D eigenvalue weighted by molar-refractivity contribution is -0.141. The first-order valence-corrected chi connectivity index (χ1v) is 11.7. The van der Waals surface area contributed by atoms with Gasteiger partial charge in [-0.3, -0.25) is 19.6 Å². The summed E-state index contributed by atoms with van der Waals surface area (Å²) in [5.41, 5.74) is -1.54. The molecule has 9 nitrogen and oxygen atoms in total. The van der Waals surface area contributed by atoms with Crippen LogP contribution in [0, 0.1) is 5.92 Å². The first-order chi connectivity index (χ1) is 17.6. The monoisotopic (exact) mass is 549 g/mol. The van der Waals surface area contributed by atoms with Gasteiger partial charge in [0.1, 0.15) is 11.2 Å². The van der Waals surface area contributed by atoms with Crippen molar-refractivity contribution in [3.05, 3.63) is 69.9 Å². The number of hydrogen-bond acceptors (Lipinski definition) is 6. The SMILES string of the molecule is O=C(NCC1CC1)c1cc2nccnc2c(Cl)c1NC(=O)c1cc(C(F)(F)F)nn1-c1ncccc1Cl. The number of pyridine rings is 1. The molecule has 0 radical (unpaired) electrons. The molecule has 1 aromatic carbocycles. The lowest BCUT2D eigenvalue weighted by Gasteiger charge is -2.15. The zero-order valence-corrected chi connectivity index (χ0v) is 20.2. The van der Waals surface area contributed by atoms with E-state index in [0.717, 1.165) is 12.8 Å². The average molecular weight is 550 g/mol. The fourth-order valence-corrected chi connectivity index (χ4v) is 4.07. The van der Waals surface area contributed by atoms with Crippen molar-refractivity contribution in [3.63, 3.8) is 0 Å². The van der Waals surface area contributed by atoms with Crippen LogP contribution >= 0.6 is 23.2 Å². The minimum Gasteiger partial charge on any atom is -0.352 e. The molecule has 0 atom stereocenters. The number of aromatic nitrogens is 5. The molecule has 3 heterocycles. The van der Waals surface area contributed by atoms with Crippen molar-refractivity contribution in [2.24, 2.45) is 5.92 Å². The summed E-state index contributed by atoms with van der Waals surface area (Å²) in [6, 6.07) is 4.83. The molecular formula is C23H16Cl2F3N7O2. The number of anilines is 1. The lowest BCUT2D eigenvalue weighted by atomic mass is 10.1. The van der Waals surface area contributed by atoms with Gasteiger partial charge < -0.3 is 10.6 Å². The summed E-state index contributed by atoms with van der Waals surface area (Å²) >= 11 is 12.6. The van der Waals surface area contributed by atoms with Crippen LogP contribution in [0.4, 0.5) is 18.9 Å². The molecule has 0 unspecified atom stereocenters. The van der Waals surface area contributed by atoms with Crippen LogP contribution in [-0.4, -0.2) is 43.1 Å². The molecule has 4 aromatic rings. The molecule has 0 aliphatic heterocycles. The molecule has 2 amide bonds. The summed E-state index contributed by atoms with van der Waals surface area (Å²) in [4.78, 5) is 38.6. The van der Waals surface area contributed by atoms with Crippen molar-refractivity contribution in [1.29, 1.82) is 0 Å². The fraction of sp³-hybridized carbons (Fsp3) is 0.217. The smallest absolute Gasteiger partial charge is 0.352 e. The van der Waals surface area contributed by atoms with E-state index < -0.39 is 29.4 Å². The normalized spacial score (nSPS) is 13.5. The van der Waals surface area contributed by atoms with E-state index in [-0.39, 0.29) is 32.6 Å². The number of fused-ring (bicyclic) bond motifs is 1. The van der Waals surface area contributed by atoms with Gasteiger partial charge in [-0.2, -0.15) is 18.3 Å². The summed E-state index contributed by atoms with van der Waals surface area (Å²) in [6.07, 6.45) is 1.21. The van der Waals surface area contributed by atoms with E-state index in [4.69, 9.17) is 23.2 Å². The molecule has 37 heavy (non-hydrogen) atoms. The highest BCUT2D eigenvalue weighted by atomic mass is 35.5. The van der Waals surface area contributed by atoms with Crippen LogP contribution in [0.1, 0.15) is 39.4 Å². The predicted molar refractivity (Wildman–Crippen MR) is 129 cm³/mol. The van der Waals surface area contributed by atoms with Gasteiger partial charge in [-0.1, -0.05) is 23.2 Å². The molecule has 2 N–H and O–H groups in total. The van der Waals surface area contributed by atoms with Crippen molar-refractivity contribution < 1.29 is 22.8 Å². The van der Waals surface area contributed by atoms with Crippen molar-refractivity contribution >= 4 is 51.7 Å². The van der Waals surface area contributed by atoms with Crippen molar-refractivity contribution in [1.82, 2.24) is 30.0 Å². The van der Waals surface area contributed by atoms with Gasteiger partial charge in [0.2, 0.25) is 0 Å². The summed E-state index contributed by atoms with van der Waals surface area (Å²) in [7, 11) is 0. The van der Waals surface area contributed by atoms with Crippen LogP contribution in [-0.2, 0) is 6.18 Å². The number of benzene rings is 1. The van der Waals surface area contributed by atoms with Crippen LogP contribution in [0.25, 0.3) is 16.9 Å². The second-order valence-electron chi connectivity index (χ2n) is 8.28. The second kappa shape index (κ2) is 9.60. The number of nitrogens with one attached hydrogen (secondary N) is 2. The number of halogens is 5. The molecule has 3 aromatic heterocycles. The molecule has 1 fully saturated rings. The van der Waals surface area contributed by atoms with Gasteiger partial charge >= 0.3 is 6.18 Å². The Labute approximate surface area is 217 Å². The highest BCUT2D eigenvalue weighted by Gasteiger charge is 2.37. The lowest BCUT2D eigenvalue weighted by Crippen LogP contribution is -2.27. The van der Waals surface area contributed by atoms with E-state index in [1.807, 2.05) is 0 Å². The predicted octanol–water partition coefficient (Wildman–Crippen LogP) is 4.93. The Hall–Kier alpha value is -3.77. The van der Waals surface area contributed by atoms with Gasteiger partial charge in [0.15, 0.2) is 11.5 Å². The third-order valence-corrected chi connectivity index (χ3v) is 6.27. The van der Waals surface area contributed by atoms with E-state index >= 15 is 0 Å². The maximum Gasteiger partial charge on any atom is 0.435 e. The number of alkyl halides is 3. The minimum absolute atomic E-state index is 0.0232. The largest absolute Gasteiger partial charge is 0.435 e. The molecule has 0 saturated heterocycles. The molecular weight excluding hydrogens is 534 g/mol. The van der Waals surface area contributed by atoms with Gasteiger partial charge in [0.25, 0.3) is 11.8 Å². The van der Waals surface area contributed by atoms with Gasteiger partial charge in [0, 0.05) is 31.2 Å². The summed E-state index contributed by atoms with van der Waals surface area (Å²) in [5, 5.41) is 8.62. The quantitative estimate of drug-likeness (QED) is 0.352. The number of carbonyl (C=O) groups excluding carboxylic acids is 2. The Morgan fingerprint density at radius 3 is 2.51 bits per heavy atom. The highest BCUT2D eigenvalue weighted by Crippen LogP contribution is 2.35. The van der Waals surface area contributed by atoms with Crippen LogP contribution in [0.5, 0.6) is 0 Å². The third kappa shape index (κ3) is 5.07. The minimum atomic E-state index is -4.86. The highest BCUT2D eigenvalue weighted by molar-refractivity contribution is 6.39. The number of carbonyl (C=O) groups is 2. The molecule has 5 rings (SSSR count). The molecule has 1 saturated carbocycles. The third-order valence-electron chi connectivity index (χ3n) is 5.61. The Bertz CT molecular complexity index is 1540. The second-order valence-corrected chi connectivity index (χ2v) is 9.06. The Morgan fingerprint density at radius 2 is 1.81 bits per heavy atom. The first-order valence-electron chi connectivity index (χ1n) is 10.9. The Morgan fingerprint density at radius 1 is 1.05 bits per heavy atom. The van der Waals surface area contributed by atoms with E-state index in [2.05, 4.69) is 30.7 Å². The maximum atomic E-state index is 13.5. The van der Waals surface area contributed by atoms with E-state index in [0.29, 0.717) is 28.7 Å². The maximum absolute atomic E-state index is 13.5. The van der Waals surface area contributed by atoms with Crippen molar-refractivity contribution in [2.45, 2.75) is 19.0 Å². The number of hydrogen-bond donors (Lipinski definition) is 2. The van der Waals surface area contributed by atoms with E-state index in [1.165, 1.54) is 36.8 Å².